The number of rotatable bonds is 3. The van der Waals surface area contributed by atoms with Gasteiger partial charge in [0.15, 0.2) is 5.82 Å². The molecule has 1 saturated heterocycles. The lowest BCUT2D eigenvalue weighted by Crippen LogP contribution is -2.30. The van der Waals surface area contributed by atoms with Gasteiger partial charge in [-0.15, -0.1) is 0 Å². The lowest BCUT2D eigenvalue weighted by Gasteiger charge is -2.25. The van der Waals surface area contributed by atoms with Gasteiger partial charge in [0.1, 0.15) is 6.33 Å². The Labute approximate surface area is 153 Å². The Hall–Kier alpha value is -2.95. The van der Waals surface area contributed by atoms with Gasteiger partial charge < -0.3 is 4.90 Å². The molecule has 1 atom stereocenters. The number of carbonyl (C=O) groups excluding carboxylic acids is 1. The molecule has 3 aromatic rings. The minimum atomic E-state index is 0.0260. The molecule has 1 amide bonds. The molecule has 0 radical (unpaired) electrons. The SMILES string of the molecule is CC1(C)CN(C(=O)c2ccccc2-c2ncn[nH]2)CC1c1ccccc1. The number of hydrogen-bond donors (Lipinski definition) is 1. The molecule has 2 heterocycles. The van der Waals surface area contributed by atoms with E-state index in [2.05, 4.69) is 53.3 Å². The molecular formula is C21H22N4O. The Balaban J connectivity index is 1.65. The maximum absolute atomic E-state index is 13.3. The molecule has 4 rings (SSSR count). The highest BCUT2D eigenvalue weighted by Crippen LogP contribution is 2.42. The summed E-state index contributed by atoms with van der Waals surface area (Å²) in [5, 5.41) is 6.77. The molecule has 0 bridgehead atoms. The quantitative estimate of drug-likeness (QED) is 0.786. The molecule has 1 unspecified atom stereocenters. The second kappa shape index (κ2) is 6.41. The molecule has 5 nitrogen and oxygen atoms in total. The van der Waals surface area contributed by atoms with Crippen molar-refractivity contribution in [1.29, 1.82) is 0 Å². The first-order valence-electron chi connectivity index (χ1n) is 8.85. The van der Waals surface area contributed by atoms with Crippen LogP contribution < -0.4 is 0 Å². The topological polar surface area (TPSA) is 61.9 Å². The van der Waals surface area contributed by atoms with Crippen LogP contribution in [0.4, 0.5) is 0 Å². The van der Waals surface area contributed by atoms with Crippen molar-refractivity contribution in [2.75, 3.05) is 13.1 Å². The molecule has 1 aliphatic rings. The van der Waals surface area contributed by atoms with Crippen LogP contribution in [0, 0.1) is 5.41 Å². The van der Waals surface area contributed by atoms with E-state index < -0.39 is 0 Å². The number of likely N-dealkylation sites (tertiary alicyclic amines) is 1. The summed E-state index contributed by atoms with van der Waals surface area (Å²) in [6, 6.07) is 18.0. The molecule has 1 fully saturated rings. The minimum Gasteiger partial charge on any atom is -0.337 e. The van der Waals surface area contributed by atoms with E-state index in [1.807, 2.05) is 35.2 Å². The van der Waals surface area contributed by atoms with Gasteiger partial charge in [0.25, 0.3) is 5.91 Å². The van der Waals surface area contributed by atoms with E-state index in [1.165, 1.54) is 11.9 Å². The first-order valence-corrected chi connectivity index (χ1v) is 8.85. The predicted octanol–water partition coefficient (Wildman–Crippen LogP) is 3.74. The van der Waals surface area contributed by atoms with Crippen LogP contribution in [0.5, 0.6) is 0 Å². The van der Waals surface area contributed by atoms with Crippen LogP contribution in [0.2, 0.25) is 0 Å². The molecular weight excluding hydrogens is 324 g/mol. The zero-order chi connectivity index (χ0) is 18.1. The number of aromatic nitrogens is 3. The van der Waals surface area contributed by atoms with Crippen molar-refractivity contribution in [3.8, 4) is 11.4 Å². The number of amides is 1. The molecule has 5 heteroatoms. The molecule has 1 aliphatic heterocycles. The van der Waals surface area contributed by atoms with Gasteiger partial charge >= 0.3 is 0 Å². The zero-order valence-electron chi connectivity index (χ0n) is 15.0. The number of nitrogens with one attached hydrogen (secondary N) is 1. The Morgan fingerprint density at radius 2 is 1.85 bits per heavy atom. The summed E-state index contributed by atoms with van der Waals surface area (Å²) >= 11 is 0. The van der Waals surface area contributed by atoms with E-state index in [0.29, 0.717) is 17.3 Å². The Morgan fingerprint density at radius 3 is 2.58 bits per heavy atom. The van der Waals surface area contributed by atoms with Crippen LogP contribution in [0.3, 0.4) is 0 Å². The fraction of sp³-hybridized carbons (Fsp3) is 0.286. The normalized spacial score (nSPS) is 18.8. The average Bonchev–Trinajstić information content (AvgIpc) is 3.29. The third kappa shape index (κ3) is 2.90. The third-order valence-electron chi connectivity index (χ3n) is 5.26. The number of H-pyrrole nitrogens is 1. The van der Waals surface area contributed by atoms with Crippen LogP contribution in [-0.4, -0.2) is 39.1 Å². The Kier molecular flexibility index (Phi) is 4.07. The molecule has 0 aliphatic carbocycles. The number of aromatic amines is 1. The number of nitrogens with zero attached hydrogens (tertiary/aromatic N) is 3. The van der Waals surface area contributed by atoms with Gasteiger partial charge in [-0.25, -0.2) is 4.98 Å². The van der Waals surface area contributed by atoms with E-state index in [0.717, 1.165) is 18.7 Å². The van der Waals surface area contributed by atoms with Crippen LogP contribution in [0.15, 0.2) is 60.9 Å². The van der Waals surface area contributed by atoms with Gasteiger partial charge in [-0.3, -0.25) is 9.89 Å². The monoisotopic (exact) mass is 346 g/mol. The van der Waals surface area contributed by atoms with Crippen molar-refractivity contribution in [1.82, 2.24) is 20.1 Å². The smallest absolute Gasteiger partial charge is 0.254 e. The van der Waals surface area contributed by atoms with Crippen molar-refractivity contribution in [3.05, 3.63) is 72.1 Å². The van der Waals surface area contributed by atoms with Gasteiger partial charge in [0.2, 0.25) is 0 Å². The number of carbonyl (C=O) groups is 1. The zero-order valence-corrected chi connectivity index (χ0v) is 15.0. The molecule has 0 spiro atoms. The summed E-state index contributed by atoms with van der Waals surface area (Å²) in [7, 11) is 0. The van der Waals surface area contributed by atoms with Crippen molar-refractivity contribution in [3.63, 3.8) is 0 Å². The maximum Gasteiger partial charge on any atom is 0.254 e. The highest BCUT2D eigenvalue weighted by atomic mass is 16.2. The van der Waals surface area contributed by atoms with Crippen molar-refractivity contribution in [2.45, 2.75) is 19.8 Å². The van der Waals surface area contributed by atoms with Crippen LogP contribution in [-0.2, 0) is 0 Å². The van der Waals surface area contributed by atoms with Gasteiger partial charge in [-0.1, -0.05) is 62.4 Å². The predicted molar refractivity (Wildman–Crippen MR) is 101 cm³/mol. The van der Waals surface area contributed by atoms with Gasteiger partial charge in [-0.05, 0) is 17.0 Å². The van der Waals surface area contributed by atoms with Crippen molar-refractivity contribution >= 4 is 5.91 Å². The summed E-state index contributed by atoms with van der Waals surface area (Å²) in [6.45, 7) is 5.93. The first-order chi connectivity index (χ1) is 12.6. The average molecular weight is 346 g/mol. The van der Waals surface area contributed by atoms with E-state index in [9.17, 15) is 4.79 Å². The second-order valence-electron chi connectivity index (χ2n) is 7.52. The maximum atomic E-state index is 13.3. The van der Waals surface area contributed by atoms with Crippen LogP contribution in [0.25, 0.3) is 11.4 Å². The summed E-state index contributed by atoms with van der Waals surface area (Å²) in [5.74, 6) is 0.987. The standard InChI is InChI=1S/C21H22N4O/c1-21(2)13-25(12-18(21)15-8-4-3-5-9-15)20(26)17-11-7-6-10-16(17)19-22-14-23-24-19/h3-11,14,18H,12-13H2,1-2H3,(H,22,23,24). The van der Waals surface area contributed by atoms with Gasteiger partial charge in [0.05, 0.1) is 5.56 Å². The first kappa shape index (κ1) is 16.5. The van der Waals surface area contributed by atoms with Crippen molar-refractivity contribution in [2.24, 2.45) is 5.41 Å². The minimum absolute atomic E-state index is 0.0260. The Morgan fingerprint density at radius 1 is 1.12 bits per heavy atom. The summed E-state index contributed by atoms with van der Waals surface area (Å²) in [6.07, 6.45) is 1.46. The summed E-state index contributed by atoms with van der Waals surface area (Å²) in [5.41, 5.74) is 2.76. The highest BCUT2D eigenvalue weighted by molar-refractivity contribution is 6.00. The second-order valence-corrected chi connectivity index (χ2v) is 7.52. The number of hydrogen-bond acceptors (Lipinski definition) is 3. The molecule has 1 N–H and O–H groups in total. The molecule has 26 heavy (non-hydrogen) atoms. The fourth-order valence-electron chi connectivity index (χ4n) is 3.91. The molecule has 0 saturated carbocycles. The number of benzene rings is 2. The van der Waals surface area contributed by atoms with E-state index >= 15 is 0 Å². The largest absolute Gasteiger partial charge is 0.337 e. The van der Waals surface area contributed by atoms with Gasteiger partial charge in [0, 0.05) is 24.6 Å². The molecule has 1 aromatic heterocycles. The summed E-state index contributed by atoms with van der Waals surface area (Å²) < 4.78 is 0. The lowest BCUT2D eigenvalue weighted by atomic mass is 9.78. The van der Waals surface area contributed by atoms with Crippen molar-refractivity contribution < 1.29 is 4.79 Å². The third-order valence-corrected chi connectivity index (χ3v) is 5.26. The lowest BCUT2D eigenvalue weighted by molar-refractivity contribution is 0.0778. The molecule has 2 aromatic carbocycles. The van der Waals surface area contributed by atoms with E-state index in [4.69, 9.17) is 0 Å². The summed E-state index contributed by atoms with van der Waals surface area (Å²) in [4.78, 5) is 19.5. The van der Waals surface area contributed by atoms with Gasteiger partial charge in [-0.2, -0.15) is 5.10 Å². The fourth-order valence-corrected chi connectivity index (χ4v) is 3.91. The van der Waals surface area contributed by atoms with Crippen LogP contribution >= 0.6 is 0 Å². The highest BCUT2D eigenvalue weighted by Gasteiger charge is 2.42. The van der Waals surface area contributed by atoms with E-state index in [-0.39, 0.29) is 11.3 Å². The molecule has 132 valence electrons. The van der Waals surface area contributed by atoms with E-state index in [1.54, 1.807) is 0 Å². The van der Waals surface area contributed by atoms with Crippen LogP contribution in [0.1, 0.15) is 35.7 Å². The Bertz CT molecular complexity index is 903.